The highest BCUT2D eigenvalue weighted by atomic mass is 16.4. The molecule has 100 valence electrons. The first-order valence-corrected chi connectivity index (χ1v) is 6.26. The Hall–Kier alpha value is -1.33. The number of aromatic carboxylic acids is 1. The zero-order valence-electron chi connectivity index (χ0n) is 10.9. The van der Waals surface area contributed by atoms with Crippen LogP contribution >= 0.6 is 0 Å². The van der Waals surface area contributed by atoms with Crippen molar-refractivity contribution in [3.8, 4) is 0 Å². The van der Waals surface area contributed by atoms with Crippen molar-refractivity contribution in [2.45, 2.75) is 25.4 Å². The number of carboxylic acids is 1. The third kappa shape index (κ3) is 2.91. The number of nitrogens with zero attached hydrogens (tertiary/aromatic N) is 2. The molecule has 0 bridgehead atoms. The van der Waals surface area contributed by atoms with Crippen LogP contribution in [0.25, 0.3) is 0 Å². The van der Waals surface area contributed by atoms with Gasteiger partial charge in [-0.2, -0.15) is 0 Å². The van der Waals surface area contributed by atoms with Gasteiger partial charge in [-0.25, -0.2) is 4.79 Å². The van der Waals surface area contributed by atoms with Crippen LogP contribution < -0.4 is 0 Å². The van der Waals surface area contributed by atoms with Crippen molar-refractivity contribution in [3.05, 3.63) is 23.7 Å². The summed E-state index contributed by atoms with van der Waals surface area (Å²) in [4.78, 5) is 15.5. The van der Waals surface area contributed by atoms with Crippen molar-refractivity contribution in [2.75, 3.05) is 27.2 Å². The fourth-order valence-corrected chi connectivity index (χ4v) is 2.48. The van der Waals surface area contributed by atoms with Gasteiger partial charge in [0.2, 0.25) is 5.76 Å². The van der Waals surface area contributed by atoms with E-state index in [-0.39, 0.29) is 5.76 Å². The highest BCUT2D eigenvalue weighted by Crippen LogP contribution is 2.19. The molecule has 0 saturated carbocycles. The first-order chi connectivity index (χ1) is 8.58. The normalized spacial score (nSPS) is 21.4. The van der Waals surface area contributed by atoms with E-state index >= 15 is 0 Å². The summed E-state index contributed by atoms with van der Waals surface area (Å²) < 4.78 is 5.01. The Bertz CT molecular complexity index is 414. The SMILES string of the molecule is CN(C)C1CCCN(Cc2ccoc2C(=O)O)C1. The van der Waals surface area contributed by atoms with E-state index in [0.29, 0.717) is 12.6 Å². The summed E-state index contributed by atoms with van der Waals surface area (Å²) in [6.45, 7) is 2.66. The minimum Gasteiger partial charge on any atom is -0.475 e. The highest BCUT2D eigenvalue weighted by Gasteiger charge is 2.23. The van der Waals surface area contributed by atoms with E-state index in [0.717, 1.165) is 25.1 Å². The second kappa shape index (κ2) is 5.54. The van der Waals surface area contributed by atoms with Crippen LogP contribution in [0.15, 0.2) is 16.7 Å². The van der Waals surface area contributed by atoms with Gasteiger partial charge in [-0.05, 0) is 39.5 Å². The lowest BCUT2D eigenvalue weighted by Gasteiger charge is -2.35. The molecular weight excluding hydrogens is 232 g/mol. The van der Waals surface area contributed by atoms with Crippen molar-refractivity contribution < 1.29 is 14.3 Å². The maximum atomic E-state index is 11.0. The quantitative estimate of drug-likeness (QED) is 0.880. The number of likely N-dealkylation sites (tertiary alicyclic amines) is 1. The predicted octanol–water partition coefficient (Wildman–Crippen LogP) is 1.50. The van der Waals surface area contributed by atoms with Crippen LogP contribution in [-0.4, -0.2) is 54.1 Å². The zero-order valence-corrected chi connectivity index (χ0v) is 10.9. The molecule has 2 heterocycles. The van der Waals surface area contributed by atoms with Gasteiger partial charge in [0.15, 0.2) is 0 Å². The van der Waals surface area contributed by atoms with E-state index in [9.17, 15) is 4.79 Å². The Balaban J connectivity index is 2.00. The number of furan rings is 1. The standard InChI is InChI=1S/C13H20N2O3/c1-14(2)11-4-3-6-15(9-11)8-10-5-7-18-12(10)13(16)17/h5,7,11H,3-4,6,8-9H2,1-2H3,(H,16,17). The summed E-state index contributed by atoms with van der Waals surface area (Å²) in [6.07, 6.45) is 3.82. The molecule has 1 fully saturated rings. The minimum atomic E-state index is -0.990. The van der Waals surface area contributed by atoms with E-state index in [4.69, 9.17) is 9.52 Å². The molecule has 0 amide bonds. The van der Waals surface area contributed by atoms with Crippen molar-refractivity contribution in [1.82, 2.24) is 9.80 Å². The smallest absolute Gasteiger partial charge is 0.372 e. The molecule has 1 aromatic heterocycles. The number of rotatable bonds is 4. The summed E-state index contributed by atoms with van der Waals surface area (Å²) >= 11 is 0. The zero-order chi connectivity index (χ0) is 13.1. The number of carboxylic acid groups (broad SMARTS) is 1. The molecule has 5 heteroatoms. The molecule has 0 radical (unpaired) electrons. The molecule has 0 aromatic carbocycles. The first-order valence-electron chi connectivity index (χ1n) is 6.26. The Morgan fingerprint density at radius 2 is 2.39 bits per heavy atom. The van der Waals surface area contributed by atoms with Crippen LogP contribution in [0.5, 0.6) is 0 Å². The minimum absolute atomic E-state index is 0.0713. The maximum absolute atomic E-state index is 11.0. The van der Waals surface area contributed by atoms with Gasteiger partial charge < -0.3 is 14.4 Å². The molecule has 5 nitrogen and oxygen atoms in total. The summed E-state index contributed by atoms with van der Waals surface area (Å²) in [7, 11) is 4.18. The second-order valence-corrected chi connectivity index (χ2v) is 5.07. The van der Waals surface area contributed by atoms with Crippen LogP contribution in [0.4, 0.5) is 0 Å². The number of hydrogen-bond acceptors (Lipinski definition) is 4. The van der Waals surface area contributed by atoms with Crippen LogP contribution in [0.1, 0.15) is 29.0 Å². The summed E-state index contributed by atoms with van der Waals surface area (Å²) in [5.41, 5.74) is 0.766. The van der Waals surface area contributed by atoms with Gasteiger partial charge in [0, 0.05) is 24.7 Å². The van der Waals surface area contributed by atoms with Crippen molar-refractivity contribution in [2.24, 2.45) is 0 Å². The van der Waals surface area contributed by atoms with Crippen molar-refractivity contribution >= 4 is 5.97 Å². The van der Waals surface area contributed by atoms with Gasteiger partial charge in [-0.1, -0.05) is 0 Å². The van der Waals surface area contributed by atoms with Gasteiger partial charge >= 0.3 is 5.97 Å². The lowest BCUT2D eigenvalue weighted by molar-refractivity contribution is 0.0657. The van der Waals surface area contributed by atoms with Gasteiger partial charge in [0.1, 0.15) is 0 Å². The monoisotopic (exact) mass is 252 g/mol. The molecule has 2 rings (SSSR count). The molecule has 18 heavy (non-hydrogen) atoms. The molecule has 1 atom stereocenters. The molecular formula is C13H20N2O3. The van der Waals surface area contributed by atoms with Gasteiger partial charge in [-0.3, -0.25) is 4.90 Å². The molecule has 1 aromatic rings. The topological polar surface area (TPSA) is 56.9 Å². The number of likely N-dealkylation sites (N-methyl/N-ethyl adjacent to an activating group) is 1. The number of carbonyl (C=O) groups is 1. The first kappa shape index (κ1) is 13.1. The van der Waals surface area contributed by atoms with E-state index in [1.165, 1.54) is 12.7 Å². The summed E-state index contributed by atoms with van der Waals surface area (Å²) in [5.74, 6) is -0.918. The second-order valence-electron chi connectivity index (χ2n) is 5.07. The van der Waals surface area contributed by atoms with E-state index in [1.807, 2.05) is 0 Å². The lowest BCUT2D eigenvalue weighted by atomic mass is 10.0. The fraction of sp³-hybridized carbons (Fsp3) is 0.615. The van der Waals surface area contributed by atoms with Crippen molar-refractivity contribution in [1.29, 1.82) is 0 Å². The summed E-state index contributed by atoms with van der Waals surface area (Å²) in [5, 5.41) is 9.00. The molecule has 1 aliphatic heterocycles. The fourth-order valence-electron chi connectivity index (χ4n) is 2.48. The van der Waals surface area contributed by atoms with Crippen LogP contribution in [0.3, 0.4) is 0 Å². The molecule has 0 spiro atoms. The Morgan fingerprint density at radius 1 is 1.61 bits per heavy atom. The largest absolute Gasteiger partial charge is 0.475 e. The molecule has 1 N–H and O–H groups in total. The average molecular weight is 252 g/mol. The maximum Gasteiger partial charge on any atom is 0.372 e. The molecule has 0 aliphatic carbocycles. The molecule has 1 unspecified atom stereocenters. The number of piperidine rings is 1. The van der Waals surface area contributed by atoms with E-state index < -0.39 is 5.97 Å². The van der Waals surface area contributed by atoms with Gasteiger partial charge in [-0.15, -0.1) is 0 Å². The van der Waals surface area contributed by atoms with Crippen LogP contribution in [-0.2, 0) is 6.54 Å². The Morgan fingerprint density at radius 3 is 3.06 bits per heavy atom. The lowest BCUT2D eigenvalue weighted by Crippen LogP contribution is -2.44. The van der Waals surface area contributed by atoms with Crippen molar-refractivity contribution in [3.63, 3.8) is 0 Å². The Labute approximate surface area is 107 Å². The van der Waals surface area contributed by atoms with Crippen LogP contribution in [0.2, 0.25) is 0 Å². The molecule has 1 saturated heterocycles. The summed E-state index contributed by atoms with van der Waals surface area (Å²) in [6, 6.07) is 2.31. The Kier molecular flexibility index (Phi) is 4.04. The predicted molar refractivity (Wildman–Crippen MR) is 67.7 cm³/mol. The van der Waals surface area contributed by atoms with Gasteiger partial charge in [0.05, 0.1) is 6.26 Å². The third-order valence-corrected chi connectivity index (χ3v) is 3.55. The van der Waals surface area contributed by atoms with Crippen LogP contribution in [0, 0.1) is 0 Å². The molecule has 1 aliphatic rings. The van der Waals surface area contributed by atoms with E-state index in [2.05, 4.69) is 23.9 Å². The van der Waals surface area contributed by atoms with Gasteiger partial charge in [0.25, 0.3) is 0 Å². The highest BCUT2D eigenvalue weighted by molar-refractivity contribution is 5.86. The number of hydrogen-bond donors (Lipinski definition) is 1. The third-order valence-electron chi connectivity index (χ3n) is 3.55. The van der Waals surface area contributed by atoms with E-state index in [1.54, 1.807) is 6.07 Å². The average Bonchev–Trinajstić information content (AvgIpc) is 2.77.